The summed E-state index contributed by atoms with van der Waals surface area (Å²) in [5.74, 6) is 1.17. The largest absolute Gasteiger partial charge is 0.485 e. The van der Waals surface area contributed by atoms with Gasteiger partial charge in [0, 0.05) is 0 Å². The SMILES string of the molecule is Cc1ccc(COCCOCCOCCOCCOCCOCCOCCOCCOCCOCCOCCOCCOCCOCCOCCOCCOCCOCCOCCOCCOCCOCCOCCOCCOCCOCCOCCOCCOCCOCCOCCOCCOCCOCCOCCOCCn2cc(COc3c(I)cc(Oc4c(I)cc(CC(=O)O)cc4I)cc3I)nn2)cc1. The third-order valence-corrected chi connectivity index (χ3v) is 21.6. The van der Waals surface area contributed by atoms with E-state index in [-0.39, 0.29) is 13.0 Å². The molecular weight excluding hydrogens is 2350 g/mol. The van der Waals surface area contributed by atoms with Crippen molar-refractivity contribution in [1.82, 2.24) is 15.0 Å². The minimum atomic E-state index is -0.878. The van der Waals surface area contributed by atoms with Crippen LogP contribution in [0.15, 0.2) is 54.7 Å². The van der Waals surface area contributed by atoms with Crippen molar-refractivity contribution in [2.75, 3.05) is 469 Å². The minimum Gasteiger partial charge on any atom is -0.485 e. The summed E-state index contributed by atoms with van der Waals surface area (Å²) in [5.41, 5.74) is 3.80. The van der Waals surface area contributed by atoms with Gasteiger partial charge in [-0.25, -0.2) is 4.68 Å². The van der Waals surface area contributed by atoms with Crippen LogP contribution in [0.5, 0.6) is 17.2 Å². The maximum atomic E-state index is 11.2. The molecule has 0 amide bonds. The maximum absolute atomic E-state index is 11.2. The molecule has 4 aromatic rings. The molecule has 1 heterocycles. The third-order valence-electron chi connectivity index (χ3n) is 18.4. The second kappa shape index (κ2) is 106. The molecule has 3 aromatic carbocycles. The molecule has 0 aliphatic heterocycles. The highest BCUT2D eigenvalue weighted by Gasteiger charge is 2.18. The molecule has 834 valence electrons. The summed E-state index contributed by atoms with van der Waals surface area (Å²) in [6, 6.07) is 15.8. The summed E-state index contributed by atoms with van der Waals surface area (Å²) in [6.07, 6.45) is 1.79. The Kier molecular flexibility index (Phi) is 98.4. The molecule has 0 spiro atoms. The van der Waals surface area contributed by atoms with Crippen LogP contribution in [-0.2, 0) is 202 Å². The number of hydrogen-bond acceptors (Lipinski definition) is 41. The number of aryl methyl sites for hydroxylation is 1. The van der Waals surface area contributed by atoms with E-state index in [0.717, 1.165) is 31.2 Å². The first kappa shape index (κ1) is 134. The average molecular weight is 2520 g/mol. The Labute approximate surface area is 905 Å². The minimum absolute atomic E-state index is 0.0471. The molecule has 1 aromatic heterocycles. The quantitative estimate of drug-likeness (QED) is 0.0325. The molecule has 43 nitrogen and oxygen atoms in total. The van der Waals surface area contributed by atoms with Gasteiger partial charge >= 0.3 is 5.97 Å². The van der Waals surface area contributed by atoms with Gasteiger partial charge in [0.25, 0.3) is 0 Å². The van der Waals surface area contributed by atoms with Crippen LogP contribution in [-0.4, -0.2) is 495 Å². The number of benzene rings is 3. The van der Waals surface area contributed by atoms with Gasteiger partial charge in [-0.15, -0.1) is 5.10 Å². The van der Waals surface area contributed by atoms with E-state index in [4.69, 9.17) is 180 Å². The Hall–Kier alpha value is -2.65. The fourth-order valence-corrected chi connectivity index (χ4v) is 15.4. The number of aromatic nitrogens is 3. The highest BCUT2D eigenvalue weighted by Crippen LogP contribution is 2.38. The van der Waals surface area contributed by atoms with Gasteiger partial charge < -0.3 is 185 Å². The van der Waals surface area contributed by atoms with Crippen LogP contribution in [0.25, 0.3) is 0 Å². The van der Waals surface area contributed by atoms with E-state index in [1.54, 1.807) is 4.68 Å². The van der Waals surface area contributed by atoms with Crippen LogP contribution in [0.3, 0.4) is 0 Å². The van der Waals surface area contributed by atoms with Crippen molar-refractivity contribution < 1.29 is 190 Å². The lowest BCUT2D eigenvalue weighted by Gasteiger charge is -2.15. The lowest BCUT2D eigenvalue weighted by molar-refractivity contribution is -0.136. The van der Waals surface area contributed by atoms with Gasteiger partial charge in [-0.05, 0) is 133 Å². The van der Waals surface area contributed by atoms with Gasteiger partial charge in [-0.2, -0.15) is 0 Å². The number of nitrogens with zero attached hydrogens (tertiary/aromatic N) is 3. The molecule has 0 atom stereocenters. The number of carboxylic acid groups (broad SMARTS) is 1. The van der Waals surface area contributed by atoms with E-state index < -0.39 is 5.97 Å². The van der Waals surface area contributed by atoms with E-state index in [1.807, 2.05) is 30.5 Å². The number of rotatable bonds is 117. The number of carboxylic acids is 1. The molecule has 1 N–H and O–H groups in total. The number of ether oxygens (including phenoxy) is 38. The zero-order valence-electron chi connectivity index (χ0n) is 84.5. The molecule has 0 bridgehead atoms. The van der Waals surface area contributed by atoms with Gasteiger partial charge in [-0.1, -0.05) is 35.0 Å². The fourth-order valence-electron chi connectivity index (χ4n) is 11.2. The van der Waals surface area contributed by atoms with E-state index in [1.165, 1.54) is 5.56 Å². The molecule has 0 fully saturated rings. The summed E-state index contributed by atoms with van der Waals surface area (Å²) in [7, 11) is 0. The zero-order valence-corrected chi connectivity index (χ0v) is 93.1. The van der Waals surface area contributed by atoms with Crippen LogP contribution in [0.4, 0.5) is 0 Å². The Bertz CT molecular complexity index is 3330. The first-order valence-corrected chi connectivity index (χ1v) is 53.7. The second-order valence-electron chi connectivity index (χ2n) is 30.0. The molecule has 0 saturated heterocycles. The number of aliphatic carboxylic acids is 1. The van der Waals surface area contributed by atoms with Crippen LogP contribution < -0.4 is 9.47 Å². The lowest BCUT2D eigenvalue weighted by atomic mass is 10.1. The Morgan fingerprint density at radius 2 is 0.431 bits per heavy atom. The second-order valence-corrected chi connectivity index (χ2v) is 34.7. The summed E-state index contributed by atoms with van der Waals surface area (Å²) < 4.78 is 218. The molecule has 0 unspecified atom stereocenters. The molecule has 144 heavy (non-hydrogen) atoms. The van der Waals surface area contributed by atoms with Crippen molar-refractivity contribution in [3.05, 3.63) is 91.4 Å². The molecule has 47 heteroatoms. The first-order chi connectivity index (χ1) is 71.2. The van der Waals surface area contributed by atoms with Crippen molar-refractivity contribution in [1.29, 1.82) is 0 Å². The number of halogens is 4. The predicted molar refractivity (Wildman–Crippen MR) is 559 cm³/mol. The van der Waals surface area contributed by atoms with E-state index in [0.29, 0.717) is 499 Å². The summed E-state index contributed by atoms with van der Waals surface area (Å²) in [4.78, 5) is 11.2. The number of hydrogen-bond donors (Lipinski definition) is 1. The first-order valence-electron chi connectivity index (χ1n) is 49.4. The fraction of sp³-hybridized carbons (Fsp3) is 0.784. The smallest absolute Gasteiger partial charge is 0.307 e. The van der Waals surface area contributed by atoms with Crippen molar-refractivity contribution in [3.8, 4) is 17.2 Å². The van der Waals surface area contributed by atoms with Crippen molar-refractivity contribution in [3.63, 3.8) is 0 Å². The predicted octanol–water partition coefficient (Wildman–Crippen LogP) is 7.80. The van der Waals surface area contributed by atoms with Crippen LogP contribution in [0, 0.1) is 21.2 Å². The topological polar surface area (TPSA) is 419 Å². The monoisotopic (exact) mass is 2520 g/mol. The Morgan fingerprint density at radius 3 is 0.632 bits per heavy atom. The van der Waals surface area contributed by atoms with Gasteiger partial charge in [0.2, 0.25) is 0 Å². The Morgan fingerprint density at radius 1 is 0.243 bits per heavy atom. The van der Waals surface area contributed by atoms with Gasteiger partial charge in [0.15, 0.2) is 5.75 Å². The molecule has 0 aliphatic rings. The zero-order chi connectivity index (χ0) is 102. The van der Waals surface area contributed by atoms with Gasteiger partial charge in [-0.3, -0.25) is 4.79 Å². The lowest BCUT2D eigenvalue weighted by Crippen LogP contribution is -2.16. The summed E-state index contributed by atoms with van der Waals surface area (Å²) in [6.45, 7) is 37.2. The molecule has 0 aliphatic carbocycles. The van der Waals surface area contributed by atoms with Crippen molar-refractivity contribution in [2.24, 2.45) is 0 Å². The van der Waals surface area contributed by atoms with Gasteiger partial charge in [0.05, 0.1) is 509 Å². The van der Waals surface area contributed by atoms with E-state index >= 15 is 0 Å². The van der Waals surface area contributed by atoms with Crippen LogP contribution >= 0.6 is 90.4 Å². The molecule has 0 radical (unpaired) electrons. The molecular formula is C97H163I4N3O40. The van der Waals surface area contributed by atoms with Gasteiger partial charge in [0.1, 0.15) is 23.8 Å². The Balaban J connectivity index is 0.683. The highest BCUT2D eigenvalue weighted by atomic mass is 127. The van der Waals surface area contributed by atoms with Crippen molar-refractivity contribution in [2.45, 2.75) is 33.1 Å². The highest BCUT2D eigenvalue weighted by molar-refractivity contribution is 14.1. The van der Waals surface area contributed by atoms with Crippen molar-refractivity contribution >= 4 is 96.3 Å². The average Bonchev–Trinajstić information content (AvgIpc) is 0.920. The molecule has 0 saturated carbocycles. The van der Waals surface area contributed by atoms with E-state index in [9.17, 15) is 9.90 Å². The number of carbonyl (C=O) groups is 1. The summed E-state index contributed by atoms with van der Waals surface area (Å²) >= 11 is 8.77. The van der Waals surface area contributed by atoms with Crippen LogP contribution in [0.2, 0.25) is 0 Å². The van der Waals surface area contributed by atoms with E-state index in [2.05, 4.69) is 132 Å². The maximum Gasteiger partial charge on any atom is 0.307 e. The van der Waals surface area contributed by atoms with Crippen LogP contribution in [0.1, 0.15) is 22.4 Å². The normalized spacial score (nSPS) is 11.7. The summed E-state index contributed by atoms with van der Waals surface area (Å²) in [5, 5.41) is 17.6. The standard InChI is InChI=1S/C97H163I4N3O40/c1-86-2-4-87(5-3-86)84-142-77-76-141-75-74-140-73-72-139-71-70-138-69-68-137-67-66-136-65-64-135-63-62-134-61-60-133-59-58-132-57-56-131-55-54-130-53-52-129-51-50-128-49-48-127-47-46-126-45-44-125-43-42-124-41-40-123-39-38-122-37-36-121-35-34-120-33-32-119-31-30-118-29-28-117-27-26-116-25-24-115-23-22-114-21-20-113-19-18-112-17-16-111-15-14-110-13-12-109-11-10-108-9-8-107-7-6-104-83-89(102-103-104)85-143-96-93(100)81-90(82-94(96)101)144-97-91(98)78-88(79-92(97)99)80-95(105)106/h2-5,78-79,81-83H,6-77,80,84-85H2,1H3,(H,105,106). The molecule has 4 rings (SSSR count). The third kappa shape index (κ3) is 88.8.